The van der Waals surface area contributed by atoms with Crippen LogP contribution in [0, 0.1) is 0 Å². The first-order chi connectivity index (χ1) is 10.9. The van der Waals surface area contributed by atoms with Gasteiger partial charge in [-0.25, -0.2) is 8.42 Å². The van der Waals surface area contributed by atoms with Crippen molar-refractivity contribution in [2.24, 2.45) is 0 Å². The SMILES string of the molecule is CN1CCN(c2ccc(-c3ccc(S(=O)(=O)Cl)cc3)cc2)CC1. The van der Waals surface area contributed by atoms with Crippen LogP contribution in [0.15, 0.2) is 53.4 Å². The maximum Gasteiger partial charge on any atom is 0.261 e. The molecule has 0 aliphatic carbocycles. The molecule has 6 heteroatoms. The molecule has 0 aromatic heterocycles. The maximum absolute atomic E-state index is 11.3. The summed E-state index contributed by atoms with van der Waals surface area (Å²) in [5.74, 6) is 0. The van der Waals surface area contributed by atoms with E-state index in [1.54, 1.807) is 12.1 Å². The molecule has 1 saturated heterocycles. The van der Waals surface area contributed by atoms with E-state index in [0.717, 1.165) is 37.3 Å². The average molecular weight is 351 g/mol. The highest BCUT2D eigenvalue weighted by Crippen LogP contribution is 2.25. The first-order valence-electron chi connectivity index (χ1n) is 7.52. The van der Waals surface area contributed by atoms with Gasteiger partial charge in [-0.3, -0.25) is 0 Å². The van der Waals surface area contributed by atoms with Crippen molar-refractivity contribution in [2.45, 2.75) is 4.90 Å². The number of rotatable bonds is 3. The molecule has 1 aliphatic heterocycles. The molecule has 1 aliphatic rings. The molecule has 2 aromatic rings. The van der Waals surface area contributed by atoms with Crippen LogP contribution in [0.5, 0.6) is 0 Å². The average Bonchev–Trinajstić information content (AvgIpc) is 2.55. The number of hydrogen-bond donors (Lipinski definition) is 0. The van der Waals surface area contributed by atoms with Crippen molar-refractivity contribution in [2.75, 3.05) is 38.1 Å². The van der Waals surface area contributed by atoms with E-state index in [1.165, 1.54) is 17.8 Å². The fourth-order valence-corrected chi connectivity index (χ4v) is 3.51. The highest BCUT2D eigenvalue weighted by atomic mass is 35.7. The van der Waals surface area contributed by atoms with Crippen molar-refractivity contribution in [1.82, 2.24) is 4.90 Å². The largest absolute Gasteiger partial charge is 0.369 e. The molecule has 0 unspecified atom stereocenters. The van der Waals surface area contributed by atoms with Crippen LogP contribution in [0.1, 0.15) is 0 Å². The quantitative estimate of drug-likeness (QED) is 0.798. The second-order valence-corrected chi connectivity index (χ2v) is 8.37. The summed E-state index contributed by atoms with van der Waals surface area (Å²) in [6, 6.07) is 15.0. The molecule has 3 rings (SSSR count). The Labute approximate surface area is 141 Å². The number of anilines is 1. The predicted molar refractivity (Wildman–Crippen MR) is 94.6 cm³/mol. The van der Waals surface area contributed by atoms with Crippen molar-refractivity contribution in [1.29, 1.82) is 0 Å². The molecule has 0 radical (unpaired) electrons. The Balaban J connectivity index is 1.77. The minimum Gasteiger partial charge on any atom is -0.369 e. The summed E-state index contributed by atoms with van der Waals surface area (Å²) >= 11 is 0. The summed E-state index contributed by atoms with van der Waals surface area (Å²) in [6.07, 6.45) is 0. The number of piperazine rings is 1. The number of nitrogens with zero attached hydrogens (tertiary/aromatic N) is 2. The Morgan fingerprint density at radius 1 is 0.826 bits per heavy atom. The first kappa shape index (κ1) is 16.3. The number of likely N-dealkylation sites (N-methyl/N-ethyl adjacent to an activating group) is 1. The third-order valence-corrected chi connectivity index (χ3v) is 5.57. The Bertz CT molecular complexity index is 765. The van der Waals surface area contributed by atoms with Gasteiger partial charge in [-0.05, 0) is 42.4 Å². The number of halogens is 1. The van der Waals surface area contributed by atoms with Gasteiger partial charge < -0.3 is 9.80 Å². The molecule has 1 fully saturated rings. The van der Waals surface area contributed by atoms with Gasteiger partial charge in [0.05, 0.1) is 4.90 Å². The third kappa shape index (κ3) is 3.86. The zero-order valence-electron chi connectivity index (χ0n) is 12.9. The molecule has 23 heavy (non-hydrogen) atoms. The highest BCUT2D eigenvalue weighted by Gasteiger charge is 2.14. The molecule has 4 nitrogen and oxygen atoms in total. The van der Waals surface area contributed by atoms with Crippen molar-refractivity contribution >= 4 is 25.4 Å². The second kappa shape index (κ2) is 6.51. The number of benzene rings is 2. The maximum atomic E-state index is 11.3. The fraction of sp³-hybridized carbons (Fsp3) is 0.294. The number of hydrogen-bond acceptors (Lipinski definition) is 4. The van der Waals surface area contributed by atoms with E-state index >= 15 is 0 Å². The standard InChI is InChI=1S/C17H19ClN2O2S/c1-19-10-12-20(13-11-19)16-6-2-14(3-7-16)15-4-8-17(9-5-15)23(18,21)22/h2-9H,10-13H2,1H3. The lowest BCUT2D eigenvalue weighted by Crippen LogP contribution is -2.44. The zero-order chi connectivity index (χ0) is 16.4. The van der Waals surface area contributed by atoms with Crippen LogP contribution in [0.25, 0.3) is 11.1 Å². The summed E-state index contributed by atoms with van der Waals surface area (Å²) in [4.78, 5) is 4.83. The molecule has 1 heterocycles. The van der Waals surface area contributed by atoms with Crippen LogP contribution in [-0.2, 0) is 9.05 Å². The predicted octanol–water partition coefficient (Wildman–Crippen LogP) is 3.03. The van der Waals surface area contributed by atoms with Crippen molar-refractivity contribution in [3.8, 4) is 11.1 Å². The van der Waals surface area contributed by atoms with E-state index in [4.69, 9.17) is 10.7 Å². The van der Waals surface area contributed by atoms with Crippen molar-refractivity contribution in [3.05, 3.63) is 48.5 Å². The van der Waals surface area contributed by atoms with E-state index in [0.29, 0.717) is 0 Å². The molecule has 122 valence electrons. The van der Waals surface area contributed by atoms with Gasteiger partial charge in [0.2, 0.25) is 0 Å². The molecule has 0 amide bonds. The van der Waals surface area contributed by atoms with Gasteiger partial charge in [0.1, 0.15) is 0 Å². The monoisotopic (exact) mass is 350 g/mol. The van der Waals surface area contributed by atoms with Crippen molar-refractivity contribution < 1.29 is 8.42 Å². The third-order valence-electron chi connectivity index (χ3n) is 4.20. The van der Waals surface area contributed by atoms with Crippen LogP contribution < -0.4 is 4.90 Å². The smallest absolute Gasteiger partial charge is 0.261 e. The minimum absolute atomic E-state index is 0.122. The Hall–Kier alpha value is -1.56. The van der Waals surface area contributed by atoms with Gasteiger partial charge in [0.15, 0.2) is 0 Å². The second-order valence-electron chi connectivity index (χ2n) is 5.80. The van der Waals surface area contributed by atoms with E-state index in [9.17, 15) is 8.42 Å². The van der Waals surface area contributed by atoms with Gasteiger partial charge in [0.25, 0.3) is 9.05 Å². The lowest BCUT2D eigenvalue weighted by molar-refractivity contribution is 0.313. The van der Waals surface area contributed by atoms with Crippen LogP contribution in [-0.4, -0.2) is 46.5 Å². The molecular formula is C17H19ClN2O2S. The van der Waals surface area contributed by atoms with Gasteiger partial charge in [-0.15, -0.1) is 0 Å². The Kier molecular flexibility index (Phi) is 4.62. The molecule has 2 aromatic carbocycles. The van der Waals surface area contributed by atoms with Gasteiger partial charge in [-0.1, -0.05) is 24.3 Å². The Morgan fingerprint density at radius 3 is 1.78 bits per heavy atom. The van der Waals surface area contributed by atoms with Gasteiger partial charge in [0, 0.05) is 42.5 Å². The summed E-state index contributed by atoms with van der Waals surface area (Å²) < 4.78 is 22.6. The summed E-state index contributed by atoms with van der Waals surface area (Å²) in [5, 5.41) is 0. The van der Waals surface area contributed by atoms with Crippen molar-refractivity contribution in [3.63, 3.8) is 0 Å². The van der Waals surface area contributed by atoms with Gasteiger partial charge in [-0.2, -0.15) is 0 Å². The van der Waals surface area contributed by atoms with E-state index in [-0.39, 0.29) is 4.90 Å². The summed E-state index contributed by atoms with van der Waals surface area (Å²) in [7, 11) is 3.82. The van der Waals surface area contributed by atoms with Gasteiger partial charge >= 0.3 is 0 Å². The van der Waals surface area contributed by atoms with Crippen LogP contribution in [0.4, 0.5) is 5.69 Å². The molecular weight excluding hydrogens is 332 g/mol. The van der Waals surface area contributed by atoms with E-state index in [2.05, 4.69) is 41.1 Å². The lowest BCUT2D eigenvalue weighted by Gasteiger charge is -2.34. The van der Waals surface area contributed by atoms with E-state index in [1.807, 2.05) is 0 Å². The summed E-state index contributed by atoms with van der Waals surface area (Å²) in [5.41, 5.74) is 3.25. The van der Waals surface area contributed by atoms with Crippen LogP contribution in [0.2, 0.25) is 0 Å². The topological polar surface area (TPSA) is 40.6 Å². The molecule has 0 N–H and O–H groups in total. The zero-order valence-corrected chi connectivity index (χ0v) is 14.5. The molecule has 0 saturated carbocycles. The first-order valence-corrected chi connectivity index (χ1v) is 9.83. The van der Waals surface area contributed by atoms with Crippen LogP contribution >= 0.6 is 10.7 Å². The normalized spacial score (nSPS) is 16.5. The molecule has 0 spiro atoms. The minimum atomic E-state index is -3.67. The highest BCUT2D eigenvalue weighted by molar-refractivity contribution is 8.13. The summed E-state index contributed by atoms with van der Waals surface area (Å²) in [6.45, 7) is 4.24. The molecule has 0 bridgehead atoms. The van der Waals surface area contributed by atoms with E-state index < -0.39 is 9.05 Å². The lowest BCUT2D eigenvalue weighted by atomic mass is 10.1. The van der Waals surface area contributed by atoms with Crippen LogP contribution in [0.3, 0.4) is 0 Å². The fourth-order valence-electron chi connectivity index (χ4n) is 2.74. The Morgan fingerprint density at radius 2 is 1.30 bits per heavy atom. The molecule has 0 atom stereocenters.